The zero-order valence-electron chi connectivity index (χ0n) is 28.6. The summed E-state index contributed by atoms with van der Waals surface area (Å²) in [6.07, 6.45) is 4.93. The van der Waals surface area contributed by atoms with Crippen LogP contribution in [0.2, 0.25) is 10.0 Å². The summed E-state index contributed by atoms with van der Waals surface area (Å²) in [5, 5.41) is 18.0. The molecule has 11 nitrogen and oxygen atoms in total. The standard InChI is InChI=1S/C35H50Cl2N3O8P/c1-4-47-49(45,48-5-2)34(43)30(18-19-32(41)40(3)21-20-27-15-9-10-17-29(27)37)38-33(42)31(23-25-12-7-6-8-13-25)39-35(44)46-24-26-14-11-16-28(36)22-26/h9-11,14-17,22,25,30-31,34,43H,4-8,12-13,18-21,23-24H2,1-3H3,(H,38,42)(H,39,44)/t30-,31-,34?/m0/s1. The molecule has 1 fully saturated rings. The predicted octanol–water partition coefficient (Wildman–Crippen LogP) is 7.11. The van der Waals surface area contributed by atoms with Crippen molar-refractivity contribution in [3.05, 3.63) is 69.7 Å². The maximum Gasteiger partial charge on any atom is 0.408 e. The summed E-state index contributed by atoms with van der Waals surface area (Å²) in [5.74, 6) is -2.44. The fourth-order valence-electron chi connectivity index (χ4n) is 5.88. The molecule has 3 atom stereocenters. The van der Waals surface area contributed by atoms with Crippen LogP contribution in [0.1, 0.15) is 76.3 Å². The van der Waals surface area contributed by atoms with Gasteiger partial charge < -0.3 is 34.4 Å². The van der Waals surface area contributed by atoms with Gasteiger partial charge in [0.15, 0.2) is 5.85 Å². The molecule has 1 aliphatic carbocycles. The van der Waals surface area contributed by atoms with Crippen molar-refractivity contribution in [2.75, 3.05) is 26.8 Å². The Kier molecular flexibility index (Phi) is 17.4. The topological polar surface area (TPSA) is 144 Å². The second-order valence-corrected chi connectivity index (χ2v) is 15.2. The second kappa shape index (κ2) is 20.9. The molecule has 0 heterocycles. The number of aliphatic hydroxyl groups is 1. The summed E-state index contributed by atoms with van der Waals surface area (Å²) in [7, 11) is -2.47. The quantitative estimate of drug-likeness (QED) is 0.129. The monoisotopic (exact) mass is 741 g/mol. The normalized spacial score (nSPS) is 15.6. The SMILES string of the molecule is CCOP(=O)(OCC)C(O)[C@H](CCC(=O)N(C)CCc1ccccc1Cl)NC(=O)[C@H](CC1CCCCC1)NC(=O)OCc1cccc(Cl)c1. The number of alkyl carbamates (subject to hydrolysis) is 1. The average Bonchev–Trinajstić information content (AvgIpc) is 3.08. The molecule has 49 heavy (non-hydrogen) atoms. The van der Waals surface area contributed by atoms with Crippen LogP contribution in [0.4, 0.5) is 4.79 Å². The Labute approximate surface area is 299 Å². The van der Waals surface area contributed by atoms with Crippen LogP contribution in [0.3, 0.4) is 0 Å². The number of amides is 3. The third kappa shape index (κ3) is 13.5. The van der Waals surface area contributed by atoms with Crippen LogP contribution in [0.25, 0.3) is 0 Å². The first-order valence-corrected chi connectivity index (χ1v) is 19.3. The lowest BCUT2D eigenvalue weighted by atomic mass is 9.84. The van der Waals surface area contributed by atoms with Gasteiger partial charge >= 0.3 is 13.7 Å². The van der Waals surface area contributed by atoms with E-state index in [0.29, 0.717) is 35.0 Å². The first-order chi connectivity index (χ1) is 23.4. The summed E-state index contributed by atoms with van der Waals surface area (Å²) in [5.41, 5.74) is 1.59. The molecule has 0 bridgehead atoms. The van der Waals surface area contributed by atoms with E-state index in [0.717, 1.165) is 37.7 Å². The van der Waals surface area contributed by atoms with Gasteiger partial charge in [0.1, 0.15) is 12.6 Å². The molecule has 0 aromatic heterocycles. The molecule has 0 saturated heterocycles. The van der Waals surface area contributed by atoms with Crippen LogP contribution in [0.5, 0.6) is 0 Å². The van der Waals surface area contributed by atoms with E-state index in [9.17, 15) is 24.1 Å². The molecule has 3 N–H and O–H groups in total. The minimum Gasteiger partial charge on any atom is -0.445 e. The van der Waals surface area contributed by atoms with Crippen molar-refractivity contribution in [2.24, 2.45) is 5.92 Å². The van der Waals surface area contributed by atoms with Crippen molar-refractivity contribution in [1.29, 1.82) is 0 Å². The number of nitrogens with one attached hydrogen (secondary N) is 2. The van der Waals surface area contributed by atoms with E-state index in [2.05, 4.69) is 10.6 Å². The first kappa shape index (κ1) is 40.8. The van der Waals surface area contributed by atoms with Crippen molar-refractivity contribution in [3.8, 4) is 0 Å². The molecule has 0 radical (unpaired) electrons. The highest BCUT2D eigenvalue weighted by atomic mass is 35.5. The third-order valence-electron chi connectivity index (χ3n) is 8.56. The second-order valence-electron chi connectivity index (χ2n) is 12.2. The molecule has 2 aromatic rings. The Bertz CT molecular complexity index is 1400. The van der Waals surface area contributed by atoms with Crippen LogP contribution < -0.4 is 10.6 Å². The van der Waals surface area contributed by atoms with Crippen LogP contribution in [-0.2, 0) is 41.0 Å². The number of aliphatic hydroxyl groups excluding tert-OH is 1. The lowest BCUT2D eigenvalue weighted by molar-refractivity contribution is -0.131. The van der Waals surface area contributed by atoms with Gasteiger partial charge in [-0.15, -0.1) is 0 Å². The Morgan fingerprint density at radius 3 is 2.35 bits per heavy atom. The number of carbonyl (C=O) groups excluding carboxylic acids is 3. The van der Waals surface area contributed by atoms with Crippen LogP contribution in [0.15, 0.2) is 48.5 Å². The number of hydrogen-bond donors (Lipinski definition) is 3. The van der Waals surface area contributed by atoms with E-state index in [1.807, 2.05) is 18.2 Å². The zero-order valence-corrected chi connectivity index (χ0v) is 31.0. The van der Waals surface area contributed by atoms with Crippen molar-refractivity contribution >= 4 is 48.7 Å². The van der Waals surface area contributed by atoms with Crippen molar-refractivity contribution in [3.63, 3.8) is 0 Å². The molecular weight excluding hydrogens is 692 g/mol. The molecule has 3 amide bonds. The van der Waals surface area contributed by atoms with Gasteiger partial charge in [-0.1, -0.05) is 85.6 Å². The van der Waals surface area contributed by atoms with Gasteiger partial charge in [-0.3, -0.25) is 14.2 Å². The van der Waals surface area contributed by atoms with Gasteiger partial charge in [0.25, 0.3) is 0 Å². The van der Waals surface area contributed by atoms with Gasteiger partial charge in [-0.05, 0) is 68.4 Å². The average molecular weight is 743 g/mol. The number of ether oxygens (including phenoxy) is 1. The van der Waals surface area contributed by atoms with E-state index in [4.69, 9.17) is 37.0 Å². The Morgan fingerprint density at radius 2 is 1.69 bits per heavy atom. The number of likely N-dealkylation sites (N-methyl/N-ethyl adjacent to an activating group) is 1. The van der Waals surface area contributed by atoms with Crippen molar-refractivity contribution < 1.29 is 37.8 Å². The summed E-state index contributed by atoms with van der Waals surface area (Å²) in [6, 6.07) is 12.1. The smallest absolute Gasteiger partial charge is 0.408 e. The highest BCUT2D eigenvalue weighted by Gasteiger charge is 2.42. The maximum atomic E-state index is 13.9. The lowest BCUT2D eigenvalue weighted by Crippen LogP contribution is -2.53. The van der Waals surface area contributed by atoms with E-state index in [-0.39, 0.29) is 44.5 Å². The Balaban J connectivity index is 1.75. The van der Waals surface area contributed by atoms with E-state index >= 15 is 0 Å². The van der Waals surface area contributed by atoms with Crippen molar-refractivity contribution in [1.82, 2.24) is 15.5 Å². The summed E-state index contributed by atoms with van der Waals surface area (Å²) < 4.78 is 29.9. The number of rotatable bonds is 19. The molecule has 2 aromatic carbocycles. The third-order valence-corrected chi connectivity index (χ3v) is 11.4. The number of benzene rings is 2. The number of carbonyl (C=O) groups is 3. The van der Waals surface area contributed by atoms with Gasteiger partial charge in [0.05, 0.1) is 19.3 Å². The summed E-state index contributed by atoms with van der Waals surface area (Å²) in [6.45, 7) is 3.55. The fourth-order valence-corrected chi connectivity index (χ4v) is 8.09. The summed E-state index contributed by atoms with van der Waals surface area (Å²) in [4.78, 5) is 41.6. The molecule has 1 saturated carbocycles. The van der Waals surface area contributed by atoms with E-state index < -0.39 is 37.5 Å². The van der Waals surface area contributed by atoms with Gasteiger partial charge in [-0.25, -0.2) is 4.79 Å². The van der Waals surface area contributed by atoms with Crippen molar-refractivity contribution in [2.45, 2.75) is 96.2 Å². The van der Waals surface area contributed by atoms with Crippen LogP contribution in [0, 0.1) is 5.92 Å². The zero-order chi connectivity index (χ0) is 35.8. The first-order valence-electron chi connectivity index (χ1n) is 17.0. The molecule has 3 rings (SSSR count). The Morgan fingerprint density at radius 1 is 1.00 bits per heavy atom. The molecule has 0 aliphatic heterocycles. The highest BCUT2D eigenvalue weighted by Crippen LogP contribution is 2.53. The molecule has 272 valence electrons. The van der Waals surface area contributed by atoms with E-state index in [1.165, 1.54) is 0 Å². The minimum atomic E-state index is -4.13. The van der Waals surface area contributed by atoms with E-state index in [1.54, 1.807) is 56.1 Å². The minimum absolute atomic E-state index is 0.0109. The summed E-state index contributed by atoms with van der Waals surface area (Å²) >= 11 is 12.3. The number of halogens is 2. The van der Waals surface area contributed by atoms with Gasteiger partial charge in [0, 0.05) is 30.1 Å². The van der Waals surface area contributed by atoms with Crippen LogP contribution >= 0.6 is 30.8 Å². The molecular formula is C35H50Cl2N3O8P. The number of hydrogen-bond acceptors (Lipinski definition) is 8. The lowest BCUT2D eigenvalue weighted by Gasteiger charge is -2.32. The van der Waals surface area contributed by atoms with Crippen LogP contribution in [-0.4, -0.2) is 72.6 Å². The molecule has 1 aliphatic rings. The largest absolute Gasteiger partial charge is 0.445 e. The van der Waals surface area contributed by atoms with Gasteiger partial charge in [0.2, 0.25) is 11.8 Å². The Hall–Kier alpha value is -2.66. The molecule has 0 spiro atoms. The number of nitrogens with zero attached hydrogens (tertiary/aromatic N) is 1. The fraction of sp³-hybridized carbons (Fsp3) is 0.571. The van der Waals surface area contributed by atoms with Gasteiger partial charge in [-0.2, -0.15) is 0 Å². The molecule has 1 unspecified atom stereocenters. The predicted molar refractivity (Wildman–Crippen MR) is 191 cm³/mol. The highest BCUT2D eigenvalue weighted by molar-refractivity contribution is 7.54. The maximum absolute atomic E-state index is 13.9. The molecule has 14 heteroatoms.